The Bertz CT molecular complexity index is 197. The van der Waals surface area contributed by atoms with Gasteiger partial charge < -0.3 is 4.57 Å². The van der Waals surface area contributed by atoms with Crippen LogP contribution < -0.4 is 0 Å². The van der Waals surface area contributed by atoms with Crippen molar-refractivity contribution >= 4 is 0 Å². The molecule has 4 heteroatoms. The predicted molar refractivity (Wildman–Crippen MR) is 33.0 cm³/mol. The van der Waals surface area contributed by atoms with E-state index in [2.05, 4.69) is 4.98 Å². The van der Waals surface area contributed by atoms with Crippen LogP contribution in [0.4, 0.5) is 8.78 Å². The van der Waals surface area contributed by atoms with Crippen LogP contribution in [0.2, 0.25) is 0 Å². The molecule has 0 atom stereocenters. The van der Waals surface area contributed by atoms with Crippen LogP contribution in [0.5, 0.6) is 0 Å². The highest BCUT2D eigenvalue weighted by molar-refractivity contribution is 4.93. The minimum atomic E-state index is -0.584. The fraction of sp³-hybridized carbons (Fsp3) is 0.500. The minimum absolute atomic E-state index is 0.257. The van der Waals surface area contributed by atoms with Crippen molar-refractivity contribution in [3.05, 3.63) is 18.2 Å². The molecule has 0 aliphatic heterocycles. The Labute approximate surface area is 57.5 Å². The lowest BCUT2D eigenvalue weighted by Gasteiger charge is -1.92. The zero-order chi connectivity index (χ0) is 7.40. The molecular formula is C6H8F2N2. The quantitative estimate of drug-likeness (QED) is 0.628. The van der Waals surface area contributed by atoms with E-state index in [0.29, 0.717) is 5.69 Å². The lowest BCUT2D eigenvalue weighted by atomic mass is 10.5. The molecule has 1 aromatic rings. The van der Waals surface area contributed by atoms with Crippen LogP contribution >= 0.6 is 0 Å². The Morgan fingerprint density at radius 1 is 1.50 bits per heavy atom. The van der Waals surface area contributed by atoms with Crippen LogP contribution in [-0.2, 0) is 13.2 Å². The van der Waals surface area contributed by atoms with Gasteiger partial charge in [-0.25, -0.2) is 13.8 Å². The van der Waals surface area contributed by atoms with Crippen molar-refractivity contribution in [2.24, 2.45) is 0 Å². The van der Waals surface area contributed by atoms with E-state index in [9.17, 15) is 8.78 Å². The maximum atomic E-state index is 11.8. The molecule has 0 unspecified atom stereocenters. The Hall–Kier alpha value is -0.930. The summed E-state index contributed by atoms with van der Waals surface area (Å²) >= 11 is 0. The Balaban J connectivity index is 2.59. The lowest BCUT2D eigenvalue weighted by molar-refractivity contribution is 0.444. The number of aryl methyl sites for hydroxylation is 1. The zero-order valence-electron chi connectivity index (χ0n) is 5.43. The first-order valence-electron chi connectivity index (χ1n) is 2.99. The summed E-state index contributed by atoms with van der Waals surface area (Å²) < 4.78 is 25.0. The van der Waals surface area contributed by atoms with Crippen LogP contribution in [0.25, 0.3) is 0 Å². The maximum absolute atomic E-state index is 11.8. The molecule has 0 spiro atoms. The third-order valence-corrected chi connectivity index (χ3v) is 1.17. The standard InChI is InChI=1S/C6H8F2N2/c7-1-2-10-4-6(3-8)9-5-10/h4-5H,1-3H2. The van der Waals surface area contributed by atoms with Crippen molar-refractivity contribution in [3.8, 4) is 0 Å². The average molecular weight is 146 g/mol. The van der Waals surface area contributed by atoms with Gasteiger partial charge in [-0.3, -0.25) is 0 Å². The molecule has 2 nitrogen and oxygen atoms in total. The molecule has 0 fully saturated rings. The van der Waals surface area contributed by atoms with Crippen LogP contribution in [0.3, 0.4) is 0 Å². The fourth-order valence-electron chi connectivity index (χ4n) is 0.695. The van der Waals surface area contributed by atoms with Gasteiger partial charge in [-0.15, -0.1) is 0 Å². The second kappa shape index (κ2) is 3.29. The van der Waals surface area contributed by atoms with Crippen molar-refractivity contribution < 1.29 is 8.78 Å². The van der Waals surface area contributed by atoms with Crippen molar-refractivity contribution in [1.29, 1.82) is 0 Å². The van der Waals surface area contributed by atoms with E-state index in [0.717, 1.165) is 0 Å². The molecule has 0 aliphatic carbocycles. The average Bonchev–Trinajstić information content (AvgIpc) is 2.37. The molecule has 56 valence electrons. The van der Waals surface area contributed by atoms with E-state index < -0.39 is 13.3 Å². The summed E-state index contributed by atoms with van der Waals surface area (Å²) in [6.07, 6.45) is 2.92. The van der Waals surface area contributed by atoms with E-state index in [1.54, 1.807) is 0 Å². The highest BCUT2D eigenvalue weighted by Crippen LogP contribution is 1.97. The molecule has 0 saturated carbocycles. The van der Waals surface area contributed by atoms with Gasteiger partial charge in [0.2, 0.25) is 0 Å². The van der Waals surface area contributed by atoms with Crippen molar-refractivity contribution in [3.63, 3.8) is 0 Å². The number of hydrogen-bond donors (Lipinski definition) is 0. The predicted octanol–water partition coefficient (Wildman–Crippen LogP) is 1.32. The first kappa shape index (κ1) is 7.18. The number of halogens is 2. The third-order valence-electron chi connectivity index (χ3n) is 1.17. The number of hydrogen-bond acceptors (Lipinski definition) is 1. The summed E-state index contributed by atoms with van der Waals surface area (Å²) in [5, 5.41) is 0. The first-order valence-corrected chi connectivity index (χ1v) is 2.99. The van der Waals surface area contributed by atoms with Crippen molar-refractivity contribution in [2.45, 2.75) is 13.2 Å². The number of imidazole rings is 1. The van der Waals surface area contributed by atoms with Crippen molar-refractivity contribution in [2.75, 3.05) is 6.67 Å². The van der Waals surface area contributed by atoms with Crippen LogP contribution in [0.15, 0.2) is 12.5 Å². The number of rotatable bonds is 3. The number of aromatic nitrogens is 2. The summed E-state index contributed by atoms with van der Waals surface area (Å²) in [6, 6.07) is 0. The van der Waals surface area contributed by atoms with E-state index in [1.807, 2.05) is 0 Å². The van der Waals surface area contributed by atoms with Gasteiger partial charge in [0, 0.05) is 6.20 Å². The topological polar surface area (TPSA) is 17.8 Å². The molecule has 0 aromatic carbocycles. The molecule has 1 aromatic heterocycles. The maximum Gasteiger partial charge on any atom is 0.133 e. The van der Waals surface area contributed by atoms with Crippen LogP contribution in [0, 0.1) is 0 Å². The normalized spacial score (nSPS) is 10.2. The third kappa shape index (κ3) is 1.52. The lowest BCUT2D eigenvalue weighted by Crippen LogP contribution is -1.94. The smallest absolute Gasteiger partial charge is 0.133 e. The summed E-state index contributed by atoms with van der Waals surface area (Å²) in [6.45, 7) is -0.769. The highest BCUT2D eigenvalue weighted by atomic mass is 19.1. The van der Waals surface area contributed by atoms with E-state index >= 15 is 0 Å². The van der Waals surface area contributed by atoms with Crippen LogP contribution in [0.1, 0.15) is 5.69 Å². The Morgan fingerprint density at radius 2 is 2.30 bits per heavy atom. The summed E-state index contributed by atoms with van der Waals surface area (Å²) in [7, 11) is 0. The van der Waals surface area contributed by atoms with Crippen LogP contribution in [-0.4, -0.2) is 16.2 Å². The van der Waals surface area contributed by atoms with Gasteiger partial charge in [0.1, 0.15) is 13.3 Å². The molecule has 0 saturated heterocycles. The number of nitrogens with zero attached hydrogens (tertiary/aromatic N) is 2. The minimum Gasteiger partial charge on any atom is -0.334 e. The molecule has 1 heterocycles. The molecule has 1 rings (SSSR count). The SMILES string of the molecule is FCCn1cnc(CF)c1. The van der Waals surface area contributed by atoms with E-state index in [-0.39, 0.29) is 6.54 Å². The molecule has 10 heavy (non-hydrogen) atoms. The largest absolute Gasteiger partial charge is 0.334 e. The Kier molecular flexibility index (Phi) is 2.36. The zero-order valence-corrected chi connectivity index (χ0v) is 5.43. The molecule has 0 N–H and O–H groups in total. The molecule has 0 amide bonds. The Morgan fingerprint density at radius 3 is 2.80 bits per heavy atom. The van der Waals surface area contributed by atoms with E-state index in [1.165, 1.54) is 17.1 Å². The molecular weight excluding hydrogens is 138 g/mol. The monoisotopic (exact) mass is 146 g/mol. The van der Waals surface area contributed by atoms with Crippen molar-refractivity contribution in [1.82, 2.24) is 9.55 Å². The molecule has 0 aliphatic rings. The number of alkyl halides is 2. The van der Waals surface area contributed by atoms with Gasteiger partial charge in [0.25, 0.3) is 0 Å². The van der Waals surface area contributed by atoms with Gasteiger partial charge in [-0.05, 0) is 0 Å². The fourth-order valence-corrected chi connectivity index (χ4v) is 0.695. The summed E-state index contributed by atoms with van der Waals surface area (Å²) in [4.78, 5) is 3.67. The molecule has 0 bridgehead atoms. The van der Waals surface area contributed by atoms with Gasteiger partial charge in [-0.2, -0.15) is 0 Å². The first-order chi connectivity index (χ1) is 4.86. The second-order valence-electron chi connectivity index (χ2n) is 1.93. The second-order valence-corrected chi connectivity index (χ2v) is 1.93. The summed E-state index contributed by atoms with van der Waals surface area (Å²) in [5.74, 6) is 0. The van der Waals surface area contributed by atoms with Gasteiger partial charge >= 0.3 is 0 Å². The van der Waals surface area contributed by atoms with E-state index in [4.69, 9.17) is 0 Å². The highest BCUT2D eigenvalue weighted by Gasteiger charge is 1.95. The van der Waals surface area contributed by atoms with Gasteiger partial charge in [0.15, 0.2) is 0 Å². The summed E-state index contributed by atoms with van der Waals surface area (Å²) in [5.41, 5.74) is 0.355. The van der Waals surface area contributed by atoms with Gasteiger partial charge in [-0.1, -0.05) is 0 Å². The molecule has 0 radical (unpaired) electrons. The van der Waals surface area contributed by atoms with Gasteiger partial charge in [0.05, 0.1) is 18.6 Å².